The van der Waals surface area contributed by atoms with E-state index in [4.69, 9.17) is 9.84 Å². The standard InChI is InChI=1S/C10H20N2O4/c1-8(16-2)5-7-12-10(15)11-6-3-4-9(13)14/h8H,3-7H2,1-2H3,(H,13,14)(H2,11,12,15). The van der Waals surface area contributed by atoms with E-state index in [1.165, 1.54) is 0 Å². The Morgan fingerprint density at radius 1 is 1.31 bits per heavy atom. The minimum absolute atomic E-state index is 0.0704. The number of ether oxygens (including phenoxy) is 1. The maximum Gasteiger partial charge on any atom is 0.314 e. The van der Waals surface area contributed by atoms with Crippen LogP contribution in [0.25, 0.3) is 0 Å². The van der Waals surface area contributed by atoms with Crippen LogP contribution in [0.1, 0.15) is 26.2 Å². The van der Waals surface area contributed by atoms with Crippen LogP contribution < -0.4 is 10.6 Å². The number of methoxy groups -OCH3 is 1. The summed E-state index contributed by atoms with van der Waals surface area (Å²) in [6.07, 6.45) is 1.38. The van der Waals surface area contributed by atoms with Crippen LogP contribution in [0.3, 0.4) is 0 Å². The van der Waals surface area contributed by atoms with Gasteiger partial charge in [0.1, 0.15) is 0 Å². The molecule has 16 heavy (non-hydrogen) atoms. The predicted octanol–water partition coefficient (Wildman–Crippen LogP) is 0.575. The van der Waals surface area contributed by atoms with Crippen LogP contribution in [-0.4, -0.2) is 43.4 Å². The van der Waals surface area contributed by atoms with Gasteiger partial charge in [0, 0.05) is 26.6 Å². The van der Waals surface area contributed by atoms with Crippen LogP contribution in [0.5, 0.6) is 0 Å². The summed E-state index contributed by atoms with van der Waals surface area (Å²) in [5, 5.41) is 13.6. The van der Waals surface area contributed by atoms with Gasteiger partial charge >= 0.3 is 12.0 Å². The van der Waals surface area contributed by atoms with Crippen molar-refractivity contribution >= 4 is 12.0 Å². The van der Waals surface area contributed by atoms with Crippen molar-refractivity contribution in [3.8, 4) is 0 Å². The minimum atomic E-state index is -0.851. The number of nitrogens with one attached hydrogen (secondary N) is 2. The Morgan fingerprint density at radius 2 is 1.94 bits per heavy atom. The Balaban J connectivity index is 3.34. The van der Waals surface area contributed by atoms with Crippen molar-refractivity contribution < 1.29 is 19.4 Å². The zero-order valence-corrected chi connectivity index (χ0v) is 9.78. The van der Waals surface area contributed by atoms with Crippen LogP contribution >= 0.6 is 0 Å². The number of carboxylic acid groups (broad SMARTS) is 1. The molecule has 6 heteroatoms. The topological polar surface area (TPSA) is 87.7 Å². The lowest BCUT2D eigenvalue weighted by molar-refractivity contribution is -0.137. The minimum Gasteiger partial charge on any atom is -0.481 e. The van der Waals surface area contributed by atoms with E-state index < -0.39 is 5.97 Å². The van der Waals surface area contributed by atoms with Crippen LogP contribution in [0.4, 0.5) is 4.79 Å². The van der Waals surface area contributed by atoms with Gasteiger partial charge in [-0.05, 0) is 19.8 Å². The maximum atomic E-state index is 11.1. The van der Waals surface area contributed by atoms with Gasteiger partial charge in [-0.2, -0.15) is 0 Å². The first-order valence-electron chi connectivity index (χ1n) is 5.32. The number of carbonyl (C=O) groups is 2. The molecule has 0 aromatic carbocycles. The van der Waals surface area contributed by atoms with E-state index in [0.717, 1.165) is 6.42 Å². The highest BCUT2D eigenvalue weighted by Crippen LogP contribution is 1.92. The summed E-state index contributed by atoms with van der Waals surface area (Å²) < 4.78 is 5.02. The molecule has 2 amide bonds. The van der Waals surface area contributed by atoms with Crippen molar-refractivity contribution in [2.75, 3.05) is 20.2 Å². The average molecular weight is 232 g/mol. The quantitative estimate of drug-likeness (QED) is 0.534. The first-order chi connectivity index (χ1) is 7.56. The first-order valence-corrected chi connectivity index (χ1v) is 5.32. The lowest BCUT2D eigenvalue weighted by Gasteiger charge is -2.10. The molecule has 1 atom stereocenters. The SMILES string of the molecule is COC(C)CCNC(=O)NCCCC(=O)O. The summed E-state index contributed by atoms with van der Waals surface area (Å²) in [4.78, 5) is 21.3. The summed E-state index contributed by atoms with van der Waals surface area (Å²) in [5.41, 5.74) is 0. The monoisotopic (exact) mass is 232 g/mol. The molecule has 0 bridgehead atoms. The van der Waals surface area contributed by atoms with Crippen LogP contribution in [0.15, 0.2) is 0 Å². The van der Waals surface area contributed by atoms with Crippen molar-refractivity contribution in [2.24, 2.45) is 0 Å². The number of urea groups is 1. The normalized spacial score (nSPS) is 11.9. The highest BCUT2D eigenvalue weighted by Gasteiger charge is 2.02. The molecule has 0 spiro atoms. The molecule has 0 aliphatic carbocycles. The van der Waals surface area contributed by atoms with Gasteiger partial charge in [-0.3, -0.25) is 4.79 Å². The molecule has 0 fully saturated rings. The fourth-order valence-electron chi connectivity index (χ4n) is 1.01. The molecule has 0 aliphatic rings. The molecule has 0 heterocycles. The van der Waals surface area contributed by atoms with E-state index in [0.29, 0.717) is 19.5 Å². The fourth-order valence-corrected chi connectivity index (χ4v) is 1.01. The van der Waals surface area contributed by atoms with E-state index in [1.54, 1.807) is 7.11 Å². The number of carbonyl (C=O) groups excluding carboxylic acids is 1. The average Bonchev–Trinajstić information content (AvgIpc) is 2.24. The highest BCUT2D eigenvalue weighted by molar-refractivity contribution is 5.73. The zero-order valence-electron chi connectivity index (χ0n) is 9.78. The number of hydrogen-bond acceptors (Lipinski definition) is 3. The lowest BCUT2D eigenvalue weighted by atomic mass is 10.3. The number of aliphatic carboxylic acids is 1. The molecular formula is C10H20N2O4. The molecular weight excluding hydrogens is 212 g/mol. The van der Waals surface area contributed by atoms with Crippen molar-refractivity contribution in [2.45, 2.75) is 32.3 Å². The number of carboxylic acids is 1. The van der Waals surface area contributed by atoms with Gasteiger partial charge in [-0.15, -0.1) is 0 Å². The molecule has 0 saturated heterocycles. The molecule has 0 radical (unpaired) electrons. The molecule has 6 nitrogen and oxygen atoms in total. The molecule has 0 aromatic rings. The Morgan fingerprint density at radius 3 is 2.50 bits per heavy atom. The smallest absolute Gasteiger partial charge is 0.314 e. The van der Waals surface area contributed by atoms with Crippen LogP contribution in [-0.2, 0) is 9.53 Å². The molecule has 0 aliphatic heterocycles. The van der Waals surface area contributed by atoms with Gasteiger partial charge in [0.15, 0.2) is 0 Å². The number of rotatable bonds is 8. The van der Waals surface area contributed by atoms with Gasteiger partial charge < -0.3 is 20.5 Å². The molecule has 0 aromatic heterocycles. The second kappa shape index (κ2) is 8.96. The van der Waals surface area contributed by atoms with Crippen molar-refractivity contribution in [1.82, 2.24) is 10.6 Å². The van der Waals surface area contributed by atoms with Crippen molar-refractivity contribution in [3.05, 3.63) is 0 Å². The summed E-state index contributed by atoms with van der Waals surface area (Å²) >= 11 is 0. The third kappa shape index (κ3) is 9.26. The molecule has 94 valence electrons. The largest absolute Gasteiger partial charge is 0.481 e. The van der Waals surface area contributed by atoms with Crippen LogP contribution in [0, 0.1) is 0 Å². The highest BCUT2D eigenvalue weighted by atomic mass is 16.5. The Hall–Kier alpha value is -1.30. The summed E-state index contributed by atoms with van der Waals surface area (Å²) in [7, 11) is 1.62. The van der Waals surface area contributed by atoms with E-state index in [1.807, 2.05) is 6.92 Å². The third-order valence-electron chi connectivity index (χ3n) is 2.09. The molecule has 1 unspecified atom stereocenters. The van der Waals surface area contributed by atoms with Crippen molar-refractivity contribution in [1.29, 1.82) is 0 Å². The maximum absolute atomic E-state index is 11.1. The zero-order chi connectivity index (χ0) is 12.4. The van der Waals surface area contributed by atoms with Crippen LogP contribution in [0.2, 0.25) is 0 Å². The summed E-state index contributed by atoms with van der Waals surface area (Å²) in [6.45, 7) is 2.84. The van der Waals surface area contributed by atoms with Gasteiger partial charge in [0.25, 0.3) is 0 Å². The summed E-state index contributed by atoms with van der Waals surface area (Å²) in [6, 6.07) is -0.270. The second-order valence-corrected chi connectivity index (χ2v) is 3.51. The van der Waals surface area contributed by atoms with Crippen molar-refractivity contribution in [3.63, 3.8) is 0 Å². The Kier molecular flexibility index (Phi) is 8.24. The van der Waals surface area contributed by atoms with E-state index in [-0.39, 0.29) is 18.6 Å². The second-order valence-electron chi connectivity index (χ2n) is 3.51. The van der Waals surface area contributed by atoms with Gasteiger partial charge in [0.2, 0.25) is 0 Å². The van der Waals surface area contributed by atoms with E-state index in [2.05, 4.69) is 10.6 Å². The third-order valence-corrected chi connectivity index (χ3v) is 2.09. The molecule has 0 saturated carbocycles. The van der Waals surface area contributed by atoms with E-state index in [9.17, 15) is 9.59 Å². The molecule has 3 N–H and O–H groups in total. The van der Waals surface area contributed by atoms with Gasteiger partial charge in [-0.1, -0.05) is 0 Å². The number of amides is 2. The molecule has 0 rings (SSSR count). The Bertz CT molecular complexity index is 221. The lowest BCUT2D eigenvalue weighted by Crippen LogP contribution is -2.37. The van der Waals surface area contributed by atoms with Gasteiger partial charge in [-0.25, -0.2) is 4.79 Å². The first kappa shape index (κ1) is 14.7. The Labute approximate surface area is 95.4 Å². The van der Waals surface area contributed by atoms with E-state index >= 15 is 0 Å². The predicted molar refractivity (Wildman–Crippen MR) is 59.4 cm³/mol. The van der Waals surface area contributed by atoms with Gasteiger partial charge in [0.05, 0.1) is 6.10 Å². The fraction of sp³-hybridized carbons (Fsp3) is 0.800. The summed E-state index contributed by atoms with van der Waals surface area (Å²) in [5.74, 6) is -0.851. The number of hydrogen-bond donors (Lipinski definition) is 3.